The molecule has 0 aromatic carbocycles. The maximum Gasteiger partial charge on any atom is 0.229 e. The summed E-state index contributed by atoms with van der Waals surface area (Å²) in [5.74, 6) is 2.28. The Kier molecular flexibility index (Phi) is 3.66. The molecule has 2 atom stereocenters. The zero-order valence-electron chi connectivity index (χ0n) is 10.6. The van der Waals surface area contributed by atoms with Crippen molar-refractivity contribution in [2.75, 3.05) is 19.5 Å². The van der Waals surface area contributed by atoms with E-state index in [4.69, 9.17) is 9.47 Å². The number of aromatic nitrogens is 2. The highest BCUT2D eigenvalue weighted by Crippen LogP contribution is 2.28. The van der Waals surface area contributed by atoms with Crippen LogP contribution in [0.25, 0.3) is 0 Å². The molecule has 0 bridgehead atoms. The van der Waals surface area contributed by atoms with Crippen molar-refractivity contribution in [3.63, 3.8) is 0 Å². The van der Waals surface area contributed by atoms with Crippen molar-refractivity contribution in [2.24, 2.45) is 5.92 Å². The van der Waals surface area contributed by atoms with E-state index in [1.54, 1.807) is 20.3 Å². The lowest BCUT2D eigenvalue weighted by Gasteiger charge is -2.17. The van der Waals surface area contributed by atoms with Crippen molar-refractivity contribution >= 4 is 5.95 Å². The van der Waals surface area contributed by atoms with E-state index in [9.17, 15) is 0 Å². The number of methoxy groups -OCH3 is 2. The smallest absolute Gasteiger partial charge is 0.229 e. The zero-order chi connectivity index (χ0) is 12.3. The topological polar surface area (TPSA) is 56.3 Å². The van der Waals surface area contributed by atoms with Gasteiger partial charge < -0.3 is 14.8 Å². The summed E-state index contributed by atoms with van der Waals surface area (Å²) in [6.07, 6.45) is 3.70. The minimum atomic E-state index is 0.451. The summed E-state index contributed by atoms with van der Waals surface area (Å²) < 4.78 is 10.2. The number of hydrogen-bond donors (Lipinski definition) is 1. The summed E-state index contributed by atoms with van der Waals surface area (Å²) in [4.78, 5) is 8.55. The number of nitrogens with one attached hydrogen (secondary N) is 1. The molecule has 5 nitrogen and oxygen atoms in total. The summed E-state index contributed by atoms with van der Waals surface area (Å²) >= 11 is 0. The van der Waals surface area contributed by atoms with Crippen LogP contribution < -0.4 is 14.8 Å². The molecule has 94 valence electrons. The Morgan fingerprint density at radius 2 is 1.82 bits per heavy atom. The molecule has 0 amide bonds. The molecule has 2 unspecified atom stereocenters. The SMILES string of the molecule is COc1cc(OC)nc(NC2CCCC2C)n1. The molecule has 1 fully saturated rings. The first-order valence-electron chi connectivity index (χ1n) is 5.96. The van der Waals surface area contributed by atoms with E-state index in [2.05, 4.69) is 22.2 Å². The third kappa shape index (κ3) is 2.78. The van der Waals surface area contributed by atoms with Crippen LogP contribution in [0, 0.1) is 5.92 Å². The van der Waals surface area contributed by atoms with E-state index in [1.165, 1.54) is 19.3 Å². The zero-order valence-corrected chi connectivity index (χ0v) is 10.6. The molecular weight excluding hydrogens is 218 g/mol. The van der Waals surface area contributed by atoms with Crippen LogP contribution in [0.1, 0.15) is 26.2 Å². The fourth-order valence-corrected chi connectivity index (χ4v) is 2.20. The Morgan fingerprint density at radius 1 is 1.18 bits per heavy atom. The molecule has 1 aliphatic carbocycles. The van der Waals surface area contributed by atoms with Crippen LogP contribution in [0.3, 0.4) is 0 Å². The molecule has 5 heteroatoms. The molecule has 0 aliphatic heterocycles. The van der Waals surface area contributed by atoms with Crippen molar-refractivity contribution in [3.8, 4) is 11.8 Å². The Bertz CT molecular complexity index is 362. The van der Waals surface area contributed by atoms with Crippen LogP contribution in [0.4, 0.5) is 5.95 Å². The normalized spacial score (nSPS) is 23.5. The second-order valence-corrected chi connectivity index (χ2v) is 4.44. The van der Waals surface area contributed by atoms with Gasteiger partial charge in [-0.3, -0.25) is 0 Å². The summed E-state index contributed by atoms with van der Waals surface area (Å²) in [5, 5.41) is 3.36. The number of ether oxygens (including phenoxy) is 2. The van der Waals surface area contributed by atoms with Gasteiger partial charge in [0.2, 0.25) is 17.7 Å². The van der Waals surface area contributed by atoms with E-state index in [0.717, 1.165) is 0 Å². The second-order valence-electron chi connectivity index (χ2n) is 4.44. The molecule has 1 heterocycles. The molecule has 1 saturated carbocycles. The fraction of sp³-hybridized carbons (Fsp3) is 0.667. The number of anilines is 1. The Hall–Kier alpha value is -1.52. The van der Waals surface area contributed by atoms with Gasteiger partial charge in [0.1, 0.15) is 0 Å². The predicted octanol–water partition coefficient (Wildman–Crippen LogP) is 2.09. The van der Waals surface area contributed by atoms with Crippen molar-refractivity contribution in [1.29, 1.82) is 0 Å². The van der Waals surface area contributed by atoms with Gasteiger partial charge in [-0.2, -0.15) is 9.97 Å². The van der Waals surface area contributed by atoms with Crippen LogP contribution in [-0.4, -0.2) is 30.2 Å². The van der Waals surface area contributed by atoms with Gasteiger partial charge in [0.15, 0.2) is 0 Å². The monoisotopic (exact) mass is 237 g/mol. The quantitative estimate of drug-likeness (QED) is 0.869. The maximum atomic E-state index is 5.12. The lowest BCUT2D eigenvalue weighted by atomic mass is 10.1. The second kappa shape index (κ2) is 5.21. The average Bonchev–Trinajstić information content (AvgIpc) is 2.74. The summed E-state index contributed by atoms with van der Waals surface area (Å²) in [5.41, 5.74) is 0. The molecular formula is C12H19N3O2. The van der Waals surface area contributed by atoms with E-state index in [1.807, 2.05) is 0 Å². The third-order valence-electron chi connectivity index (χ3n) is 3.27. The first kappa shape index (κ1) is 12.0. The largest absolute Gasteiger partial charge is 0.481 e. The van der Waals surface area contributed by atoms with Crippen LogP contribution >= 0.6 is 0 Å². The highest BCUT2D eigenvalue weighted by Gasteiger charge is 2.24. The molecule has 1 N–H and O–H groups in total. The first-order valence-corrected chi connectivity index (χ1v) is 5.96. The third-order valence-corrected chi connectivity index (χ3v) is 3.27. The highest BCUT2D eigenvalue weighted by molar-refractivity contribution is 5.34. The lowest BCUT2D eigenvalue weighted by Crippen LogP contribution is -2.23. The number of hydrogen-bond acceptors (Lipinski definition) is 5. The molecule has 1 aliphatic rings. The van der Waals surface area contributed by atoms with E-state index >= 15 is 0 Å². The molecule has 0 radical (unpaired) electrons. The van der Waals surface area contributed by atoms with Gasteiger partial charge in [-0.15, -0.1) is 0 Å². The minimum Gasteiger partial charge on any atom is -0.481 e. The van der Waals surface area contributed by atoms with Crippen LogP contribution in [0.5, 0.6) is 11.8 Å². The Morgan fingerprint density at radius 3 is 2.29 bits per heavy atom. The van der Waals surface area contributed by atoms with Crippen molar-refractivity contribution in [2.45, 2.75) is 32.2 Å². The lowest BCUT2D eigenvalue weighted by molar-refractivity contribution is 0.372. The molecule has 2 rings (SSSR count). The Balaban J connectivity index is 2.14. The minimum absolute atomic E-state index is 0.451. The van der Waals surface area contributed by atoms with E-state index in [-0.39, 0.29) is 0 Å². The van der Waals surface area contributed by atoms with Gasteiger partial charge >= 0.3 is 0 Å². The van der Waals surface area contributed by atoms with Crippen molar-refractivity contribution in [1.82, 2.24) is 9.97 Å². The highest BCUT2D eigenvalue weighted by atomic mass is 16.5. The Labute approximate surface area is 102 Å². The summed E-state index contributed by atoms with van der Waals surface area (Å²) in [6, 6.07) is 2.12. The van der Waals surface area contributed by atoms with E-state index in [0.29, 0.717) is 29.7 Å². The fourth-order valence-electron chi connectivity index (χ4n) is 2.20. The van der Waals surface area contributed by atoms with Gasteiger partial charge in [0.05, 0.1) is 20.3 Å². The predicted molar refractivity (Wildman–Crippen MR) is 65.6 cm³/mol. The standard InChI is InChI=1S/C12H19N3O2/c1-8-5-4-6-9(8)13-12-14-10(16-2)7-11(15-12)17-3/h7-9H,4-6H2,1-3H3,(H,13,14,15). The van der Waals surface area contributed by atoms with Crippen molar-refractivity contribution < 1.29 is 9.47 Å². The summed E-state index contributed by atoms with van der Waals surface area (Å²) in [6.45, 7) is 2.25. The first-order chi connectivity index (χ1) is 8.22. The molecule has 0 spiro atoms. The van der Waals surface area contributed by atoms with Crippen molar-refractivity contribution in [3.05, 3.63) is 6.07 Å². The van der Waals surface area contributed by atoms with Crippen LogP contribution in [0.15, 0.2) is 6.07 Å². The number of nitrogens with zero attached hydrogens (tertiary/aromatic N) is 2. The molecule has 1 aromatic heterocycles. The maximum absolute atomic E-state index is 5.12. The molecule has 1 aromatic rings. The molecule has 0 saturated heterocycles. The summed E-state index contributed by atoms with van der Waals surface area (Å²) in [7, 11) is 3.17. The number of rotatable bonds is 4. The van der Waals surface area contributed by atoms with Gasteiger partial charge in [0.25, 0.3) is 0 Å². The average molecular weight is 237 g/mol. The van der Waals surface area contributed by atoms with Crippen LogP contribution in [0.2, 0.25) is 0 Å². The van der Waals surface area contributed by atoms with Gasteiger partial charge in [-0.05, 0) is 18.8 Å². The van der Waals surface area contributed by atoms with Crippen LogP contribution in [-0.2, 0) is 0 Å². The van der Waals surface area contributed by atoms with Gasteiger partial charge in [-0.25, -0.2) is 0 Å². The van der Waals surface area contributed by atoms with E-state index < -0.39 is 0 Å². The molecule has 17 heavy (non-hydrogen) atoms. The van der Waals surface area contributed by atoms with Gasteiger partial charge in [-0.1, -0.05) is 13.3 Å². The van der Waals surface area contributed by atoms with Gasteiger partial charge in [0, 0.05) is 6.04 Å².